The molecule has 0 saturated carbocycles. The van der Waals surface area contributed by atoms with E-state index in [0.717, 1.165) is 0 Å². The molecule has 0 radical (unpaired) electrons. The van der Waals surface area contributed by atoms with E-state index in [4.69, 9.17) is 25.8 Å². The molecule has 0 bridgehead atoms. The Morgan fingerprint density at radius 1 is 1.16 bits per heavy atom. The highest BCUT2D eigenvalue weighted by molar-refractivity contribution is 6.32. The maximum atomic E-state index is 12.3. The van der Waals surface area contributed by atoms with Gasteiger partial charge >= 0.3 is 5.97 Å². The first-order valence-electron chi connectivity index (χ1n) is 8.01. The van der Waals surface area contributed by atoms with Crippen LogP contribution in [0.3, 0.4) is 0 Å². The predicted molar refractivity (Wildman–Crippen MR) is 96.5 cm³/mol. The smallest absolute Gasteiger partial charge is 0.339 e. The van der Waals surface area contributed by atoms with E-state index in [-0.39, 0.29) is 22.6 Å². The third-order valence-electron chi connectivity index (χ3n) is 2.97. The van der Waals surface area contributed by atoms with E-state index in [9.17, 15) is 9.59 Å². The summed E-state index contributed by atoms with van der Waals surface area (Å²) in [5.41, 5.74) is -0.242. The number of hydrogen-bond donors (Lipinski definition) is 1. The number of carbonyl (C=O) groups excluding carboxylic acids is 2. The van der Waals surface area contributed by atoms with E-state index >= 15 is 0 Å². The minimum absolute atomic E-state index is 0.106. The van der Waals surface area contributed by atoms with Gasteiger partial charge in [0.05, 0.1) is 23.8 Å². The zero-order valence-corrected chi connectivity index (χ0v) is 16.5. The van der Waals surface area contributed by atoms with E-state index in [2.05, 4.69) is 5.32 Å². The number of esters is 1. The lowest BCUT2D eigenvalue weighted by atomic mass is 10.1. The van der Waals surface area contributed by atoms with Crippen LogP contribution in [0.4, 0.5) is 0 Å². The topological polar surface area (TPSA) is 73.9 Å². The maximum Gasteiger partial charge on any atom is 0.339 e. The normalized spacial score (nSPS) is 12.5. The molecule has 0 heterocycles. The van der Waals surface area contributed by atoms with Crippen LogP contribution in [0.1, 0.15) is 51.9 Å². The molecular formula is C18H26ClNO5. The Hall–Kier alpha value is -1.95. The van der Waals surface area contributed by atoms with Crippen molar-refractivity contribution in [2.24, 2.45) is 0 Å². The molecule has 1 rings (SSSR count). The first-order valence-corrected chi connectivity index (χ1v) is 8.39. The fraction of sp³-hybridized carbons (Fsp3) is 0.556. The third kappa shape index (κ3) is 6.46. The second-order valence-corrected chi connectivity index (χ2v) is 7.35. The Morgan fingerprint density at radius 2 is 1.76 bits per heavy atom. The number of carbonyl (C=O) groups is 2. The van der Waals surface area contributed by atoms with Gasteiger partial charge in [-0.1, -0.05) is 11.6 Å². The van der Waals surface area contributed by atoms with E-state index in [0.29, 0.717) is 11.5 Å². The van der Waals surface area contributed by atoms with Gasteiger partial charge in [0.1, 0.15) is 0 Å². The van der Waals surface area contributed by atoms with Crippen LogP contribution in [0.15, 0.2) is 12.1 Å². The summed E-state index contributed by atoms with van der Waals surface area (Å²) in [6.07, 6.45) is -1.05. The number of methoxy groups -OCH3 is 1. The molecule has 140 valence electrons. The van der Waals surface area contributed by atoms with Crippen molar-refractivity contribution in [3.05, 3.63) is 22.7 Å². The van der Waals surface area contributed by atoms with Crippen molar-refractivity contribution >= 4 is 23.5 Å². The number of nitrogens with one attached hydrogen (secondary N) is 1. The van der Waals surface area contributed by atoms with Gasteiger partial charge in [-0.15, -0.1) is 0 Å². The van der Waals surface area contributed by atoms with Crippen LogP contribution in [0.5, 0.6) is 11.5 Å². The summed E-state index contributed by atoms with van der Waals surface area (Å²) in [6, 6.07) is 2.90. The van der Waals surface area contributed by atoms with Gasteiger partial charge in [0.2, 0.25) is 0 Å². The molecule has 0 aromatic heterocycles. The van der Waals surface area contributed by atoms with Gasteiger partial charge in [0, 0.05) is 5.54 Å². The quantitative estimate of drug-likeness (QED) is 0.773. The number of amides is 1. The van der Waals surface area contributed by atoms with Crippen molar-refractivity contribution in [1.82, 2.24) is 5.32 Å². The molecule has 1 amide bonds. The molecule has 0 fully saturated rings. The zero-order chi connectivity index (χ0) is 19.4. The van der Waals surface area contributed by atoms with Crippen molar-refractivity contribution in [2.45, 2.75) is 59.3 Å². The van der Waals surface area contributed by atoms with Gasteiger partial charge in [0.25, 0.3) is 5.91 Å². The Balaban J connectivity index is 2.95. The van der Waals surface area contributed by atoms with Crippen molar-refractivity contribution in [3.8, 4) is 11.5 Å². The third-order valence-corrected chi connectivity index (χ3v) is 3.25. The summed E-state index contributed by atoms with van der Waals surface area (Å²) >= 11 is 6.20. The lowest BCUT2D eigenvalue weighted by Crippen LogP contribution is -2.46. The average Bonchev–Trinajstić information content (AvgIpc) is 2.46. The predicted octanol–water partition coefficient (Wildman–Crippen LogP) is 3.60. The van der Waals surface area contributed by atoms with Crippen LogP contribution < -0.4 is 14.8 Å². The highest BCUT2D eigenvalue weighted by atomic mass is 35.5. The fourth-order valence-corrected chi connectivity index (χ4v) is 2.20. The van der Waals surface area contributed by atoms with Gasteiger partial charge in [0.15, 0.2) is 17.6 Å². The van der Waals surface area contributed by atoms with Gasteiger partial charge in [-0.05, 0) is 53.7 Å². The van der Waals surface area contributed by atoms with E-state index in [1.165, 1.54) is 26.2 Å². The molecule has 1 aromatic rings. The Bertz CT molecular complexity index is 637. The summed E-state index contributed by atoms with van der Waals surface area (Å²) in [5.74, 6) is -0.374. The molecule has 25 heavy (non-hydrogen) atoms. The fourth-order valence-electron chi connectivity index (χ4n) is 1.94. The number of hydrogen-bond acceptors (Lipinski definition) is 5. The lowest BCUT2D eigenvalue weighted by molar-refractivity contribution is -0.130. The molecule has 0 spiro atoms. The van der Waals surface area contributed by atoms with E-state index < -0.39 is 17.6 Å². The van der Waals surface area contributed by atoms with E-state index in [1.807, 2.05) is 34.6 Å². The Kier molecular flexibility index (Phi) is 7.11. The number of halogens is 1. The summed E-state index contributed by atoms with van der Waals surface area (Å²) in [5, 5.41) is 2.98. The maximum absolute atomic E-state index is 12.3. The molecule has 1 aromatic carbocycles. The second-order valence-electron chi connectivity index (χ2n) is 6.94. The summed E-state index contributed by atoms with van der Waals surface area (Å²) in [6.45, 7) is 10.8. The van der Waals surface area contributed by atoms with Crippen molar-refractivity contribution in [2.75, 3.05) is 7.11 Å². The molecule has 1 N–H and O–H groups in total. The van der Waals surface area contributed by atoms with Crippen LogP contribution in [-0.4, -0.2) is 36.7 Å². The van der Waals surface area contributed by atoms with Crippen molar-refractivity contribution in [1.29, 1.82) is 0 Å². The molecule has 7 heteroatoms. The molecule has 6 nitrogen and oxygen atoms in total. The molecule has 0 saturated heterocycles. The number of benzene rings is 1. The Morgan fingerprint density at radius 3 is 2.24 bits per heavy atom. The minimum atomic E-state index is -0.942. The molecule has 0 aliphatic carbocycles. The van der Waals surface area contributed by atoms with Crippen LogP contribution in [0.2, 0.25) is 5.02 Å². The lowest BCUT2D eigenvalue weighted by Gasteiger charge is -2.23. The molecule has 0 aliphatic rings. The summed E-state index contributed by atoms with van der Waals surface area (Å²) < 4.78 is 16.1. The van der Waals surface area contributed by atoms with Crippen LogP contribution >= 0.6 is 11.6 Å². The average molecular weight is 372 g/mol. The zero-order valence-electron chi connectivity index (χ0n) is 15.7. The second kappa shape index (κ2) is 8.43. The monoisotopic (exact) mass is 371 g/mol. The molecular weight excluding hydrogens is 346 g/mol. The van der Waals surface area contributed by atoms with Crippen LogP contribution in [0, 0.1) is 0 Å². The van der Waals surface area contributed by atoms with Crippen LogP contribution in [-0.2, 0) is 9.53 Å². The largest absolute Gasteiger partial charge is 0.493 e. The van der Waals surface area contributed by atoms with Crippen molar-refractivity contribution < 1.29 is 23.8 Å². The summed E-state index contributed by atoms with van der Waals surface area (Å²) in [7, 11) is 1.45. The highest BCUT2D eigenvalue weighted by Crippen LogP contribution is 2.37. The molecule has 0 unspecified atom stereocenters. The SMILES string of the molecule is COc1cc(C(=O)O[C@H](C)C(=O)NC(C)(C)C)cc(Cl)c1OC(C)C. The van der Waals surface area contributed by atoms with E-state index in [1.54, 1.807) is 0 Å². The number of ether oxygens (including phenoxy) is 3. The first kappa shape index (κ1) is 21.1. The number of rotatable bonds is 6. The van der Waals surface area contributed by atoms with Gasteiger partial charge < -0.3 is 19.5 Å². The first-order chi connectivity index (χ1) is 11.4. The van der Waals surface area contributed by atoms with Gasteiger partial charge in [-0.3, -0.25) is 4.79 Å². The van der Waals surface area contributed by atoms with Crippen molar-refractivity contribution in [3.63, 3.8) is 0 Å². The molecule has 0 aliphatic heterocycles. The minimum Gasteiger partial charge on any atom is -0.493 e. The standard InChI is InChI=1S/C18H26ClNO5/c1-10(2)24-15-13(19)8-12(9-14(15)23-7)17(22)25-11(3)16(21)20-18(4,5)6/h8-11H,1-7H3,(H,20,21)/t11-/m1/s1. The Labute approximate surface area is 153 Å². The van der Waals surface area contributed by atoms with Gasteiger partial charge in [-0.25, -0.2) is 4.79 Å². The van der Waals surface area contributed by atoms with Crippen LogP contribution in [0.25, 0.3) is 0 Å². The van der Waals surface area contributed by atoms with Gasteiger partial charge in [-0.2, -0.15) is 0 Å². The highest BCUT2D eigenvalue weighted by Gasteiger charge is 2.24. The summed E-state index contributed by atoms with van der Waals surface area (Å²) in [4.78, 5) is 24.4. The molecule has 1 atom stereocenters.